The first-order chi connectivity index (χ1) is 9.88. The highest BCUT2D eigenvalue weighted by Gasteiger charge is 2.33. The Kier molecular flexibility index (Phi) is 4.29. The molecule has 2 rings (SSSR count). The molecule has 0 atom stereocenters. The van der Waals surface area contributed by atoms with E-state index in [9.17, 15) is 13.2 Å². The molecule has 0 aliphatic heterocycles. The summed E-state index contributed by atoms with van der Waals surface area (Å²) in [7, 11) is 1.71. The van der Waals surface area contributed by atoms with Gasteiger partial charge in [0, 0.05) is 31.9 Å². The second kappa shape index (κ2) is 5.98. The topological polar surface area (TPSA) is 67.7 Å². The van der Waals surface area contributed by atoms with Gasteiger partial charge in [-0.3, -0.25) is 4.68 Å². The van der Waals surface area contributed by atoms with Crippen molar-refractivity contribution in [3.05, 3.63) is 24.0 Å². The number of aromatic nitrogens is 4. The van der Waals surface area contributed by atoms with E-state index in [0.29, 0.717) is 12.4 Å². The van der Waals surface area contributed by atoms with Crippen molar-refractivity contribution in [3.8, 4) is 0 Å². The van der Waals surface area contributed by atoms with E-state index in [0.717, 1.165) is 12.5 Å². The van der Waals surface area contributed by atoms with Crippen LogP contribution in [0.3, 0.4) is 0 Å². The van der Waals surface area contributed by atoms with E-state index < -0.39 is 11.9 Å². The number of hydrogen-bond donors (Lipinski definition) is 2. The molecule has 0 aromatic carbocycles. The van der Waals surface area contributed by atoms with E-state index in [-0.39, 0.29) is 11.8 Å². The van der Waals surface area contributed by atoms with Crippen LogP contribution in [-0.2, 0) is 13.2 Å². The van der Waals surface area contributed by atoms with Gasteiger partial charge in [-0.15, -0.1) is 0 Å². The van der Waals surface area contributed by atoms with Crippen LogP contribution < -0.4 is 10.6 Å². The predicted octanol–water partition coefficient (Wildman–Crippen LogP) is 2.79. The van der Waals surface area contributed by atoms with Gasteiger partial charge in [0.15, 0.2) is 11.5 Å². The summed E-state index contributed by atoms with van der Waals surface area (Å²) in [5.41, 5.74) is -1.01. The minimum absolute atomic E-state index is 0.0367. The van der Waals surface area contributed by atoms with Gasteiger partial charge in [-0.2, -0.15) is 23.3 Å². The molecule has 9 heteroatoms. The SMILES string of the molecule is CCCNc1nc(Nc2ccn(C)n2)cc(C(F)(F)F)n1. The molecule has 6 nitrogen and oxygen atoms in total. The molecule has 0 radical (unpaired) electrons. The van der Waals surface area contributed by atoms with Crippen LogP contribution >= 0.6 is 0 Å². The lowest BCUT2D eigenvalue weighted by Crippen LogP contribution is -2.13. The third-order valence-electron chi connectivity index (χ3n) is 2.52. The fraction of sp³-hybridized carbons (Fsp3) is 0.417. The number of nitrogens with zero attached hydrogens (tertiary/aromatic N) is 4. The molecular formula is C12H15F3N6. The fourth-order valence-corrected chi connectivity index (χ4v) is 1.59. The predicted molar refractivity (Wildman–Crippen MR) is 72.3 cm³/mol. The molecule has 2 aromatic rings. The second-order valence-electron chi connectivity index (χ2n) is 4.39. The van der Waals surface area contributed by atoms with E-state index >= 15 is 0 Å². The van der Waals surface area contributed by atoms with Crippen LogP contribution in [0.25, 0.3) is 0 Å². The summed E-state index contributed by atoms with van der Waals surface area (Å²) in [6, 6.07) is 2.49. The van der Waals surface area contributed by atoms with Crippen molar-refractivity contribution in [3.63, 3.8) is 0 Å². The molecule has 2 N–H and O–H groups in total. The molecule has 0 aliphatic carbocycles. The molecular weight excluding hydrogens is 285 g/mol. The van der Waals surface area contributed by atoms with Crippen molar-refractivity contribution in [1.82, 2.24) is 19.7 Å². The Morgan fingerprint density at radius 2 is 2.00 bits per heavy atom. The minimum atomic E-state index is -4.54. The maximum atomic E-state index is 12.8. The van der Waals surface area contributed by atoms with Crippen molar-refractivity contribution in [1.29, 1.82) is 0 Å². The summed E-state index contributed by atoms with van der Waals surface area (Å²) in [5, 5.41) is 9.51. The van der Waals surface area contributed by atoms with E-state index in [1.807, 2.05) is 6.92 Å². The Hall–Kier alpha value is -2.32. The maximum Gasteiger partial charge on any atom is 0.433 e. The summed E-state index contributed by atoms with van der Waals surface area (Å²) in [4.78, 5) is 7.48. The largest absolute Gasteiger partial charge is 0.433 e. The first-order valence-electron chi connectivity index (χ1n) is 6.35. The van der Waals surface area contributed by atoms with Gasteiger partial charge in [-0.05, 0) is 6.42 Å². The summed E-state index contributed by atoms with van der Waals surface area (Å²) in [5.74, 6) is 0.380. The van der Waals surface area contributed by atoms with Crippen LogP contribution in [0, 0.1) is 0 Å². The quantitative estimate of drug-likeness (QED) is 0.888. The van der Waals surface area contributed by atoms with E-state index in [2.05, 4.69) is 25.7 Å². The van der Waals surface area contributed by atoms with Gasteiger partial charge in [-0.25, -0.2) is 4.98 Å². The van der Waals surface area contributed by atoms with Crippen molar-refractivity contribution in [2.45, 2.75) is 19.5 Å². The van der Waals surface area contributed by atoms with Gasteiger partial charge < -0.3 is 10.6 Å². The number of aryl methyl sites for hydroxylation is 1. The Morgan fingerprint density at radius 3 is 2.57 bits per heavy atom. The average molecular weight is 300 g/mol. The summed E-state index contributed by atoms with van der Waals surface area (Å²) >= 11 is 0. The van der Waals surface area contributed by atoms with Crippen LogP contribution in [0.2, 0.25) is 0 Å². The van der Waals surface area contributed by atoms with Gasteiger partial charge in [0.05, 0.1) is 0 Å². The molecule has 0 spiro atoms. The zero-order chi connectivity index (χ0) is 15.5. The number of alkyl halides is 3. The molecule has 0 bridgehead atoms. The lowest BCUT2D eigenvalue weighted by Gasteiger charge is -2.11. The number of nitrogens with one attached hydrogen (secondary N) is 2. The minimum Gasteiger partial charge on any atom is -0.354 e. The summed E-state index contributed by atoms with van der Waals surface area (Å²) in [6.07, 6.45) is -2.11. The first-order valence-corrected chi connectivity index (χ1v) is 6.35. The number of halogens is 3. The molecule has 2 heterocycles. The highest BCUT2D eigenvalue weighted by Crippen LogP contribution is 2.30. The highest BCUT2D eigenvalue weighted by molar-refractivity contribution is 5.53. The summed E-state index contributed by atoms with van der Waals surface area (Å²) < 4.78 is 40.1. The molecule has 21 heavy (non-hydrogen) atoms. The van der Waals surface area contributed by atoms with Crippen molar-refractivity contribution in [2.24, 2.45) is 7.05 Å². The second-order valence-corrected chi connectivity index (χ2v) is 4.39. The number of rotatable bonds is 5. The van der Waals surface area contributed by atoms with Gasteiger partial charge in [0.1, 0.15) is 5.82 Å². The highest BCUT2D eigenvalue weighted by atomic mass is 19.4. The van der Waals surface area contributed by atoms with Crippen molar-refractivity contribution < 1.29 is 13.2 Å². The third kappa shape index (κ3) is 4.07. The van der Waals surface area contributed by atoms with Crippen LogP contribution in [0.5, 0.6) is 0 Å². The Labute approximate surface area is 119 Å². The lowest BCUT2D eigenvalue weighted by molar-refractivity contribution is -0.141. The average Bonchev–Trinajstić information content (AvgIpc) is 2.80. The Bertz CT molecular complexity index is 607. The summed E-state index contributed by atoms with van der Waals surface area (Å²) in [6.45, 7) is 2.39. The number of hydrogen-bond acceptors (Lipinski definition) is 5. The van der Waals surface area contributed by atoms with E-state index in [1.54, 1.807) is 19.3 Å². The van der Waals surface area contributed by atoms with E-state index in [1.165, 1.54) is 4.68 Å². The van der Waals surface area contributed by atoms with Gasteiger partial charge in [0.2, 0.25) is 5.95 Å². The molecule has 2 aromatic heterocycles. The molecule has 0 aliphatic rings. The van der Waals surface area contributed by atoms with Gasteiger partial charge >= 0.3 is 6.18 Å². The smallest absolute Gasteiger partial charge is 0.354 e. The number of anilines is 3. The molecule has 114 valence electrons. The zero-order valence-corrected chi connectivity index (χ0v) is 11.6. The first kappa shape index (κ1) is 15.1. The van der Waals surface area contributed by atoms with Gasteiger partial charge in [0.25, 0.3) is 0 Å². The molecule has 0 unspecified atom stereocenters. The van der Waals surface area contributed by atoms with Gasteiger partial charge in [-0.1, -0.05) is 6.92 Å². The van der Waals surface area contributed by atoms with Crippen molar-refractivity contribution in [2.75, 3.05) is 17.2 Å². The van der Waals surface area contributed by atoms with E-state index in [4.69, 9.17) is 0 Å². The van der Waals surface area contributed by atoms with Crippen LogP contribution in [-0.4, -0.2) is 26.3 Å². The Balaban J connectivity index is 2.30. The zero-order valence-electron chi connectivity index (χ0n) is 11.6. The normalized spacial score (nSPS) is 11.5. The molecule has 0 fully saturated rings. The third-order valence-corrected chi connectivity index (χ3v) is 2.52. The standard InChI is InChI=1S/C12H15F3N6/c1-3-5-16-11-17-8(12(13,14)15)7-10(19-11)18-9-4-6-21(2)20-9/h4,6-7H,3,5H2,1-2H3,(H2,16,17,18,19,20). The lowest BCUT2D eigenvalue weighted by atomic mass is 10.3. The fourth-order valence-electron chi connectivity index (χ4n) is 1.59. The molecule has 0 saturated carbocycles. The maximum absolute atomic E-state index is 12.8. The van der Waals surface area contributed by atoms with Crippen molar-refractivity contribution >= 4 is 17.6 Å². The molecule has 0 amide bonds. The monoisotopic (exact) mass is 300 g/mol. The Morgan fingerprint density at radius 1 is 1.24 bits per heavy atom. The van der Waals surface area contributed by atoms with Crippen LogP contribution in [0.1, 0.15) is 19.0 Å². The van der Waals surface area contributed by atoms with Crippen LogP contribution in [0.15, 0.2) is 18.3 Å². The molecule has 0 saturated heterocycles. The van der Waals surface area contributed by atoms with Crippen LogP contribution in [0.4, 0.5) is 30.8 Å².